The van der Waals surface area contributed by atoms with Crippen LogP contribution >= 0.6 is 15.6 Å². The molecule has 0 spiro atoms. The fourth-order valence-corrected chi connectivity index (χ4v) is 9.18. The SMILES string of the molecule is Cc1cccc(C)c1OP(=O)(Oc1ccccc1-c1ccccc1OP(=O)(Oc1c(C)cccc1C)Oc1c(C)cccc1C)Oc1c(C)cccc1C. The Bertz CT molecular complexity index is 2060. The van der Waals surface area contributed by atoms with E-state index in [1.54, 1.807) is 36.4 Å². The first kappa shape index (κ1) is 38.3. The number of benzene rings is 6. The summed E-state index contributed by atoms with van der Waals surface area (Å²) in [7, 11) is -8.91. The van der Waals surface area contributed by atoms with E-state index in [1.165, 1.54) is 0 Å². The lowest BCUT2D eigenvalue weighted by molar-refractivity contribution is 0.293. The molecule has 0 unspecified atom stereocenters. The Morgan fingerprint density at radius 2 is 0.519 bits per heavy atom. The molecule has 0 aromatic heterocycles. The number of rotatable bonds is 13. The zero-order valence-corrected chi connectivity index (χ0v) is 33.5. The monoisotopic (exact) mass is 762 g/mol. The second-order valence-electron chi connectivity index (χ2n) is 13.3. The Kier molecular flexibility index (Phi) is 11.3. The molecule has 0 heterocycles. The van der Waals surface area contributed by atoms with Crippen molar-refractivity contribution in [1.29, 1.82) is 0 Å². The Morgan fingerprint density at radius 1 is 0.296 bits per heavy atom. The number of phosphoric acid groups is 2. The molecule has 0 atom stereocenters. The predicted octanol–water partition coefficient (Wildman–Crippen LogP) is 13.1. The molecule has 0 N–H and O–H groups in total. The summed E-state index contributed by atoms with van der Waals surface area (Å²) in [6.07, 6.45) is 0. The molecule has 6 rings (SSSR count). The van der Waals surface area contributed by atoms with Crippen LogP contribution in [0.2, 0.25) is 0 Å². The van der Waals surface area contributed by atoms with Crippen molar-refractivity contribution in [3.63, 3.8) is 0 Å². The minimum Gasteiger partial charge on any atom is -0.385 e. The minimum atomic E-state index is -4.46. The number of phosphoric ester groups is 2. The highest BCUT2D eigenvalue weighted by Gasteiger charge is 2.38. The van der Waals surface area contributed by atoms with E-state index >= 15 is 0 Å². The Balaban J connectivity index is 1.44. The minimum absolute atomic E-state index is 0.176. The molecule has 54 heavy (non-hydrogen) atoms. The summed E-state index contributed by atoms with van der Waals surface area (Å²) in [5, 5.41) is 0. The third kappa shape index (κ3) is 8.52. The topological polar surface area (TPSA) is 89.5 Å². The van der Waals surface area contributed by atoms with Gasteiger partial charge in [-0.3, -0.25) is 0 Å². The number of hydrogen-bond acceptors (Lipinski definition) is 8. The standard InChI is InChI=1S/C44H44O8P2/c1-29-17-13-18-30(2)41(29)49-53(45,50-42-31(3)19-14-20-32(42)4)47-39-27-11-9-25-37(39)38-26-10-12-28-40(38)48-54(46,51-43-33(5)21-15-22-34(43)6)52-44-35(7)23-16-24-36(44)8/h9-28H,1-8H3. The van der Waals surface area contributed by atoms with Crippen molar-refractivity contribution in [2.75, 3.05) is 0 Å². The first-order chi connectivity index (χ1) is 25.8. The van der Waals surface area contributed by atoms with Crippen molar-refractivity contribution >= 4 is 15.6 Å². The molecule has 0 amide bonds. The van der Waals surface area contributed by atoms with Gasteiger partial charge in [-0.05, 0) is 112 Å². The van der Waals surface area contributed by atoms with Gasteiger partial charge >= 0.3 is 15.6 Å². The van der Waals surface area contributed by atoms with Gasteiger partial charge in [-0.1, -0.05) is 109 Å². The van der Waals surface area contributed by atoms with E-state index < -0.39 is 15.6 Å². The molecule has 0 radical (unpaired) electrons. The van der Waals surface area contributed by atoms with Crippen LogP contribution in [-0.2, 0) is 9.13 Å². The quantitative estimate of drug-likeness (QED) is 0.107. The van der Waals surface area contributed by atoms with Gasteiger partial charge in [0, 0.05) is 11.1 Å². The summed E-state index contributed by atoms with van der Waals surface area (Å²) in [5.74, 6) is 1.91. The van der Waals surface area contributed by atoms with E-state index in [0.29, 0.717) is 34.1 Å². The lowest BCUT2D eigenvalue weighted by atomic mass is 10.0. The summed E-state index contributed by atoms with van der Waals surface area (Å²) >= 11 is 0. The Morgan fingerprint density at radius 3 is 0.759 bits per heavy atom. The maximum absolute atomic E-state index is 15.0. The zero-order chi connectivity index (χ0) is 38.6. The highest BCUT2D eigenvalue weighted by atomic mass is 31.2. The van der Waals surface area contributed by atoms with Gasteiger partial charge in [-0.25, -0.2) is 0 Å². The van der Waals surface area contributed by atoms with Crippen LogP contribution in [-0.4, -0.2) is 0 Å². The van der Waals surface area contributed by atoms with Crippen molar-refractivity contribution in [2.45, 2.75) is 55.4 Å². The molecule has 278 valence electrons. The smallest absolute Gasteiger partial charge is 0.385 e. The third-order valence-electron chi connectivity index (χ3n) is 8.93. The first-order valence-corrected chi connectivity index (χ1v) is 20.5. The van der Waals surface area contributed by atoms with Crippen LogP contribution in [0.5, 0.6) is 34.5 Å². The molecule has 8 nitrogen and oxygen atoms in total. The summed E-state index contributed by atoms with van der Waals surface area (Å²) in [6, 6.07) is 36.6. The van der Waals surface area contributed by atoms with Crippen LogP contribution in [0.15, 0.2) is 121 Å². The molecular weight excluding hydrogens is 718 g/mol. The number of hydrogen-bond donors (Lipinski definition) is 0. The molecule has 0 saturated carbocycles. The molecule has 6 aromatic rings. The second kappa shape index (κ2) is 15.9. The summed E-state index contributed by atoms with van der Waals surface area (Å²) < 4.78 is 67.7. The summed E-state index contributed by atoms with van der Waals surface area (Å²) in [5.41, 5.74) is 7.04. The summed E-state index contributed by atoms with van der Waals surface area (Å²) in [6.45, 7) is 14.9. The molecular formula is C44H44O8P2. The fraction of sp³-hybridized carbons (Fsp3) is 0.182. The van der Waals surface area contributed by atoms with Crippen LogP contribution < -0.4 is 27.1 Å². The molecule has 0 fully saturated rings. The van der Waals surface area contributed by atoms with E-state index in [1.807, 2.05) is 140 Å². The van der Waals surface area contributed by atoms with E-state index in [-0.39, 0.29) is 11.5 Å². The predicted molar refractivity (Wildman–Crippen MR) is 215 cm³/mol. The van der Waals surface area contributed by atoms with Crippen molar-refractivity contribution in [3.8, 4) is 45.6 Å². The van der Waals surface area contributed by atoms with Gasteiger partial charge in [0.2, 0.25) is 0 Å². The van der Waals surface area contributed by atoms with Crippen LogP contribution in [0.25, 0.3) is 11.1 Å². The van der Waals surface area contributed by atoms with Gasteiger partial charge < -0.3 is 27.1 Å². The average molecular weight is 763 g/mol. The van der Waals surface area contributed by atoms with Gasteiger partial charge in [0.25, 0.3) is 0 Å². The Hall–Kier alpha value is -5.42. The van der Waals surface area contributed by atoms with Crippen molar-refractivity contribution in [3.05, 3.63) is 166 Å². The lowest BCUT2D eigenvalue weighted by Crippen LogP contribution is -2.11. The highest BCUT2D eigenvalue weighted by molar-refractivity contribution is 7.50. The molecule has 6 aromatic carbocycles. The molecule has 0 aliphatic heterocycles. The van der Waals surface area contributed by atoms with Crippen LogP contribution in [0.1, 0.15) is 44.5 Å². The molecule has 0 bridgehead atoms. The average Bonchev–Trinajstić information content (AvgIpc) is 3.12. The van der Waals surface area contributed by atoms with Gasteiger partial charge in [-0.2, -0.15) is 9.13 Å². The van der Waals surface area contributed by atoms with E-state index in [2.05, 4.69) is 0 Å². The normalized spacial score (nSPS) is 11.5. The fourth-order valence-electron chi connectivity index (χ4n) is 6.11. The van der Waals surface area contributed by atoms with Crippen molar-refractivity contribution in [1.82, 2.24) is 0 Å². The van der Waals surface area contributed by atoms with Crippen LogP contribution in [0.3, 0.4) is 0 Å². The molecule has 0 aliphatic rings. The molecule has 0 saturated heterocycles. The van der Waals surface area contributed by atoms with Gasteiger partial charge in [0.1, 0.15) is 34.5 Å². The van der Waals surface area contributed by atoms with Crippen molar-refractivity contribution in [2.24, 2.45) is 0 Å². The largest absolute Gasteiger partial charge is 0.647 e. The zero-order valence-electron chi connectivity index (χ0n) is 31.7. The van der Waals surface area contributed by atoms with Crippen molar-refractivity contribution < 1.29 is 36.3 Å². The van der Waals surface area contributed by atoms with Gasteiger partial charge in [0.15, 0.2) is 0 Å². The maximum Gasteiger partial charge on any atom is 0.647 e. The number of aryl methyl sites for hydroxylation is 8. The molecule has 0 aliphatic carbocycles. The summed E-state index contributed by atoms with van der Waals surface area (Å²) in [4.78, 5) is 0. The van der Waals surface area contributed by atoms with E-state index in [4.69, 9.17) is 27.1 Å². The number of para-hydroxylation sites is 6. The highest BCUT2D eigenvalue weighted by Crippen LogP contribution is 2.56. The Labute approximate surface area is 317 Å². The molecule has 10 heteroatoms. The van der Waals surface area contributed by atoms with Gasteiger partial charge in [0.05, 0.1) is 0 Å². The second-order valence-corrected chi connectivity index (χ2v) is 16.2. The lowest BCUT2D eigenvalue weighted by Gasteiger charge is -2.25. The van der Waals surface area contributed by atoms with E-state index in [0.717, 1.165) is 44.5 Å². The maximum atomic E-state index is 15.0. The van der Waals surface area contributed by atoms with Gasteiger partial charge in [-0.15, -0.1) is 0 Å². The van der Waals surface area contributed by atoms with E-state index in [9.17, 15) is 9.13 Å². The van der Waals surface area contributed by atoms with Crippen LogP contribution in [0.4, 0.5) is 0 Å². The first-order valence-electron chi connectivity index (χ1n) is 17.6. The third-order valence-corrected chi connectivity index (χ3v) is 11.4. The van der Waals surface area contributed by atoms with Crippen LogP contribution in [0, 0.1) is 55.4 Å².